The molecule has 2 rings (SSSR count). The molecule has 0 aromatic heterocycles. The van der Waals surface area contributed by atoms with E-state index in [1.54, 1.807) is 0 Å². The fraction of sp³-hybridized carbons (Fsp3) is 0.278. The van der Waals surface area contributed by atoms with Crippen LogP contribution in [0.3, 0.4) is 0 Å². The van der Waals surface area contributed by atoms with Gasteiger partial charge in [-0.3, -0.25) is 4.79 Å². The largest absolute Gasteiger partial charge is 0.457 e. The number of rotatable bonds is 7. The number of nitrogens with one attached hydrogen (secondary N) is 1. The monoisotopic (exact) mass is 298 g/mol. The van der Waals surface area contributed by atoms with E-state index in [9.17, 15) is 4.79 Å². The highest BCUT2D eigenvalue weighted by Gasteiger charge is 2.07. The average Bonchev–Trinajstić information content (AvgIpc) is 2.53. The van der Waals surface area contributed by atoms with Crippen molar-refractivity contribution in [3.05, 3.63) is 60.2 Å². The zero-order chi connectivity index (χ0) is 15.8. The molecule has 1 amide bonds. The highest BCUT2D eigenvalue weighted by Crippen LogP contribution is 2.24. The van der Waals surface area contributed by atoms with Crippen LogP contribution < -0.4 is 15.8 Å². The molecular weight excluding hydrogens is 276 g/mol. The number of carbonyl (C=O) groups excluding carboxylic acids is 1. The summed E-state index contributed by atoms with van der Waals surface area (Å²) in [6.45, 7) is 2.34. The molecular formula is C18H22N2O2. The second kappa shape index (κ2) is 8.20. The van der Waals surface area contributed by atoms with Gasteiger partial charge in [-0.05, 0) is 31.5 Å². The van der Waals surface area contributed by atoms with Crippen LogP contribution in [-0.2, 0) is 11.3 Å². The first kappa shape index (κ1) is 16.0. The molecule has 1 atom stereocenters. The lowest BCUT2D eigenvalue weighted by atomic mass is 10.1. The normalized spacial score (nSPS) is 11.7. The van der Waals surface area contributed by atoms with E-state index in [0.29, 0.717) is 19.4 Å². The van der Waals surface area contributed by atoms with E-state index in [1.165, 1.54) is 0 Å². The van der Waals surface area contributed by atoms with Crippen LogP contribution in [-0.4, -0.2) is 11.9 Å². The van der Waals surface area contributed by atoms with Crippen LogP contribution in [0.5, 0.6) is 11.5 Å². The Morgan fingerprint density at radius 2 is 1.82 bits per heavy atom. The highest BCUT2D eigenvalue weighted by atomic mass is 16.5. The van der Waals surface area contributed by atoms with Gasteiger partial charge in [0, 0.05) is 24.6 Å². The summed E-state index contributed by atoms with van der Waals surface area (Å²) in [7, 11) is 0. The number of amides is 1. The number of hydrogen-bond donors (Lipinski definition) is 2. The van der Waals surface area contributed by atoms with Crippen molar-refractivity contribution >= 4 is 5.91 Å². The Morgan fingerprint density at radius 1 is 1.14 bits per heavy atom. The third-order valence-electron chi connectivity index (χ3n) is 3.25. The first-order valence-electron chi connectivity index (χ1n) is 7.48. The maximum absolute atomic E-state index is 11.8. The molecule has 116 valence electrons. The number of para-hydroxylation sites is 2. The van der Waals surface area contributed by atoms with Crippen molar-refractivity contribution in [2.45, 2.75) is 32.4 Å². The molecule has 1 unspecified atom stereocenters. The molecule has 0 heterocycles. The SMILES string of the molecule is CC(N)CCC(=O)NCc1ccccc1Oc1ccccc1. The number of ether oxygens (including phenoxy) is 1. The summed E-state index contributed by atoms with van der Waals surface area (Å²) in [6, 6.07) is 17.3. The minimum absolute atomic E-state index is 0.00631. The molecule has 0 bridgehead atoms. The Hall–Kier alpha value is -2.33. The van der Waals surface area contributed by atoms with Crippen molar-refractivity contribution in [1.29, 1.82) is 0 Å². The Labute approximate surface area is 131 Å². The minimum Gasteiger partial charge on any atom is -0.457 e. The van der Waals surface area contributed by atoms with E-state index in [-0.39, 0.29) is 11.9 Å². The average molecular weight is 298 g/mol. The van der Waals surface area contributed by atoms with Crippen LogP contribution in [0.25, 0.3) is 0 Å². The lowest BCUT2D eigenvalue weighted by Gasteiger charge is -2.12. The van der Waals surface area contributed by atoms with Gasteiger partial charge >= 0.3 is 0 Å². The summed E-state index contributed by atoms with van der Waals surface area (Å²) < 4.78 is 5.87. The molecule has 3 N–H and O–H groups in total. The van der Waals surface area contributed by atoms with Crippen LogP contribution in [0.2, 0.25) is 0 Å². The van der Waals surface area contributed by atoms with Crippen LogP contribution in [0.1, 0.15) is 25.3 Å². The van der Waals surface area contributed by atoms with Gasteiger partial charge in [0.15, 0.2) is 0 Å². The molecule has 0 spiro atoms. The van der Waals surface area contributed by atoms with Gasteiger partial charge in [0.2, 0.25) is 5.91 Å². The summed E-state index contributed by atoms with van der Waals surface area (Å²) in [5.74, 6) is 1.53. The number of benzene rings is 2. The van der Waals surface area contributed by atoms with Gasteiger partial charge in [0.05, 0.1) is 0 Å². The van der Waals surface area contributed by atoms with E-state index >= 15 is 0 Å². The Kier molecular flexibility index (Phi) is 5.98. The summed E-state index contributed by atoms with van der Waals surface area (Å²) in [5, 5.41) is 2.91. The van der Waals surface area contributed by atoms with E-state index in [2.05, 4.69) is 5.32 Å². The van der Waals surface area contributed by atoms with Crippen LogP contribution in [0.4, 0.5) is 0 Å². The van der Waals surface area contributed by atoms with Gasteiger partial charge in [0.25, 0.3) is 0 Å². The number of hydrogen-bond acceptors (Lipinski definition) is 3. The first-order valence-corrected chi connectivity index (χ1v) is 7.48. The maximum atomic E-state index is 11.8. The van der Waals surface area contributed by atoms with Gasteiger partial charge in [-0.2, -0.15) is 0 Å². The molecule has 0 aliphatic carbocycles. The zero-order valence-electron chi connectivity index (χ0n) is 12.8. The van der Waals surface area contributed by atoms with E-state index in [4.69, 9.17) is 10.5 Å². The lowest BCUT2D eigenvalue weighted by Crippen LogP contribution is -2.25. The molecule has 4 heteroatoms. The van der Waals surface area contributed by atoms with E-state index < -0.39 is 0 Å². The predicted octanol–water partition coefficient (Wildman–Crippen LogP) is 3.22. The predicted molar refractivity (Wildman–Crippen MR) is 87.7 cm³/mol. The Morgan fingerprint density at radius 3 is 2.55 bits per heavy atom. The first-order chi connectivity index (χ1) is 10.6. The van der Waals surface area contributed by atoms with Crippen molar-refractivity contribution in [2.75, 3.05) is 0 Å². The fourth-order valence-electron chi connectivity index (χ4n) is 2.01. The van der Waals surface area contributed by atoms with Gasteiger partial charge in [-0.15, -0.1) is 0 Å². The topological polar surface area (TPSA) is 64.4 Å². The maximum Gasteiger partial charge on any atom is 0.220 e. The molecule has 2 aromatic rings. The fourth-order valence-corrected chi connectivity index (χ4v) is 2.01. The molecule has 2 aromatic carbocycles. The second-order valence-electron chi connectivity index (χ2n) is 5.32. The van der Waals surface area contributed by atoms with Gasteiger partial charge in [0.1, 0.15) is 11.5 Å². The smallest absolute Gasteiger partial charge is 0.220 e. The molecule has 0 radical (unpaired) electrons. The Bertz CT molecular complexity index is 597. The minimum atomic E-state index is 0.00631. The number of nitrogens with two attached hydrogens (primary N) is 1. The summed E-state index contributed by atoms with van der Waals surface area (Å²) in [5.41, 5.74) is 6.60. The quantitative estimate of drug-likeness (QED) is 0.825. The third-order valence-corrected chi connectivity index (χ3v) is 3.25. The van der Waals surface area contributed by atoms with Crippen LogP contribution in [0, 0.1) is 0 Å². The van der Waals surface area contributed by atoms with Crippen molar-refractivity contribution in [1.82, 2.24) is 5.32 Å². The molecule has 0 fully saturated rings. The van der Waals surface area contributed by atoms with E-state index in [1.807, 2.05) is 61.5 Å². The van der Waals surface area contributed by atoms with Gasteiger partial charge in [-0.25, -0.2) is 0 Å². The number of carbonyl (C=O) groups is 1. The van der Waals surface area contributed by atoms with Crippen LogP contribution >= 0.6 is 0 Å². The Balaban J connectivity index is 1.95. The van der Waals surface area contributed by atoms with Gasteiger partial charge in [-0.1, -0.05) is 36.4 Å². The van der Waals surface area contributed by atoms with Crippen molar-refractivity contribution in [3.63, 3.8) is 0 Å². The molecule has 0 saturated carbocycles. The second-order valence-corrected chi connectivity index (χ2v) is 5.32. The summed E-state index contributed by atoms with van der Waals surface area (Å²) in [4.78, 5) is 11.8. The molecule has 0 aliphatic rings. The van der Waals surface area contributed by atoms with Gasteiger partial charge < -0.3 is 15.8 Å². The van der Waals surface area contributed by atoms with E-state index in [0.717, 1.165) is 17.1 Å². The standard InChI is InChI=1S/C18H22N2O2/c1-14(19)11-12-18(21)20-13-15-7-5-6-10-17(15)22-16-8-3-2-4-9-16/h2-10,14H,11-13,19H2,1H3,(H,20,21). The molecule has 4 nitrogen and oxygen atoms in total. The molecule has 22 heavy (non-hydrogen) atoms. The zero-order valence-corrected chi connectivity index (χ0v) is 12.8. The van der Waals surface area contributed by atoms with Crippen LogP contribution in [0.15, 0.2) is 54.6 Å². The third kappa shape index (κ3) is 5.22. The highest BCUT2D eigenvalue weighted by molar-refractivity contribution is 5.75. The van der Waals surface area contributed by atoms with Crippen molar-refractivity contribution in [2.24, 2.45) is 5.73 Å². The molecule has 0 saturated heterocycles. The summed E-state index contributed by atoms with van der Waals surface area (Å²) >= 11 is 0. The summed E-state index contributed by atoms with van der Waals surface area (Å²) in [6.07, 6.45) is 1.13. The lowest BCUT2D eigenvalue weighted by molar-refractivity contribution is -0.121. The van der Waals surface area contributed by atoms with Crippen molar-refractivity contribution < 1.29 is 9.53 Å². The molecule has 0 aliphatic heterocycles. The van der Waals surface area contributed by atoms with Crippen molar-refractivity contribution in [3.8, 4) is 11.5 Å².